The van der Waals surface area contributed by atoms with Crippen molar-refractivity contribution in [1.82, 2.24) is 29.8 Å². The topological polar surface area (TPSA) is 186 Å². The summed E-state index contributed by atoms with van der Waals surface area (Å²) in [4.78, 5) is 48.8. The van der Waals surface area contributed by atoms with Crippen LogP contribution < -0.4 is 15.9 Å². The fourth-order valence-electron chi connectivity index (χ4n) is 3.88. The number of hydrogen-bond acceptors (Lipinski definition) is 14. The van der Waals surface area contributed by atoms with Crippen LogP contribution in [0.2, 0.25) is 0 Å². The molecule has 2 fully saturated rings. The van der Waals surface area contributed by atoms with Crippen LogP contribution in [0.1, 0.15) is 11.4 Å². The lowest BCUT2D eigenvalue weighted by molar-refractivity contribution is -0.157. The molecule has 216 valence electrons. The standard InChI is InChI=1S/C21H17F3N8O5S4/c22-21(23,24)9-2-1-3-10(4-9)37-30-11(13-28-18(25)41-31-13)14(33)27-12-15(34)32-5-20(17(35)36,6-38-16(12)32)7-39-19-29-26-8-40-19/h1-4,8,12,16H,5-7H2,(H,27,33)(H,35,36)(H2,25,28,31)/t12?,16-,20?/m1/s1. The molecule has 4 heterocycles. The van der Waals surface area contributed by atoms with Crippen molar-refractivity contribution in [3.8, 4) is 5.75 Å². The number of fused-ring (bicyclic) bond motifs is 1. The van der Waals surface area contributed by atoms with E-state index in [1.54, 1.807) is 0 Å². The van der Waals surface area contributed by atoms with Crippen LogP contribution in [-0.4, -0.2) is 82.5 Å². The predicted octanol–water partition coefficient (Wildman–Crippen LogP) is 2.04. The molecule has 0 aliphatic carbocycles. The van der Waals surface area contributed by atoms with Gasteiger partial charge in [-0.05, 0) is 18.2 Å². The summed E-state index contributed by atoms with van der Waals surface area (Å²) in [5.74, 6) is -2.73. The number of carboxylic acid groups (broad SMARTS) is 1. The number of nitrogens with one attached hydrogen (secondary N) is 1. The van der Waals surface area contributed by atoms with Crippen molar-refractivity contribution in [1.29, 1.82) is 0 Å². The second kappa shape index (κ2) is 11.4. The minimum Gasteiger partial charge on any atom is -0.481 e. The highest BCUT2D eigenvalue weighted by molar-refractivity contribution is 8.01. The van der Waals surface area contributed by atoms with Crippen molar-refractivity contribution in [2.24, 2.45) is 10.6 Å². The van der Waals surface area contributed by atoms with Gasteiger partial charge in [0.2, 0.25) is 17.4 Å². The third-order valence-electron chi connectivity index (χ3n) is 5.97. The molecule has 2 unspecified atom stereocenters. The number of amides is 2. The Balaban J connectivity index is 1.29. The summed E-state index contributed by atoms with van der Waals surface area (Å²) in [5, 5.41) is 23.3. The average molecular weight is 647 g/mol. The highest BCUT2D eigenvalue weighted by Gasteiger charge is 2.57. The number of aliphatic carboxylic acids is 1. The van der Waals surface area contributed by atoms with Gasteiger partial charge in [-0.1, -0.05) is 34.3 Å². The smallest absolute Gasteiger partial charge is 0.416 e. The molecule has 0 saturated carbocycles. The van der Waals surface area contributed by atoms with Gasteiger partial charge in [-0.2, -0.15) is 22.5 Å². The summed E-state index contributed by atoms with van der Waals surface area (Å²) in [6.45, 7) is -0.0687. The van der Waals surface area contributed by atoms with Gasteiger partial charge in [0.15, 0.2) is 15.2 Å². The Kier molecular flexibility index (Phi) is 8.08. The zero-order chi connectivity index (χ0) is 29.4. The van der Waals surface area contributed by atoms with Crippen LogP contribution >= 0.6 is 46.4 Å². The number of carboxylic acids is 1. The van der Waals surface area contributed by atoms with Crippen LogP contribution in [0.25, 0.3) is 0 Å². The molecule has 1 aromatic carbocycles. The monoisotopic (exact) mass is 646 g/mol. The Hall–Kier alpha value is -3.49. The lowest BCUT2D eigenvalue weighted by atomic mass is 9.89. The zero-order valence-corrected chi connectivity index (χ0v) is 23.5. The lowest BCUT2D eigenvalue weighted by Crippen LogP contribution is -2.74. The first-order chi connectivity index (χ1) is 19.5. The van der Waals surface area contributed by atoms with Crippen molar-refractivity contribution in [2.45, 2.75) is 21.9 Å². The summed E-state index contributed by atoms with van der Waals surface area (Å²) in [6, 6.07) is 2.84. The van der Waals surface area contributed by atoms with E-state index in [-0.39, 0.29) is 34.8 Å². The highest BCUT2D eigenvalue weighted by Crippen LogP contribution is 2.44. The molecule has 0 spiro atoms. The Morgan fingerprint density at radius 3 is 2.83 bits per heavy atom. The molecule has 2 amide bonds. The van der Waals surface area contributed by atoms with Crippen molar-refractivity contribution in [3.63, 3.8) is 0 Å². The van der Waals surface area contributed by atoms with Crippen LogP contribution in [0.4, 0.5) is 18.3 Å². The number of thioether (sulfide) groups is 2. The number of rotatable bonds is 9. The molecule has 20 heteroatoms. The number of nitrogens with zero attached hydrogens (tertiary/aromatic N) is 6. The van der Waals surface area contributed by atoms with Crippen molar-refractivity contribution in [2.75, 3.05) is 23.8 Å². The molecule has 3 atom stereocenters. The molecule has 2 saturated heterocycles. The zero-order valence-electron chi connectivity index (χ0n) is 20.3. The summed E-state index contributed by atoms with van der Waals surface area (Å²) < 4.78 is 43.7. The maximum absolute atomic E-state index is 13.2. The van der Waals surface area contributed by atoms with E-state index < -0.39 is 52.1 Å². The second-order valence-corrected chi connectivity index (χ2v) is 12.7. The minimum absolute atomic E-state index is 0.00953. The van der Waals surface area contributed by atoms with Crippen molar-refractivity contribution in [3.05, 3.63) is 41.2 Å². The maximum Gasteiger partial charge on any atom is 0.416 e. The van der Waals surface area contributed by atoms with Gasteiger partial charge in [0.25, 0.3) is 5.91 Å². The maximum atomic E-state index is 13.2. The van der Waals surface area contributed by atoms with Crippen LogP contribution in [0.5, 0.6) is 5.75 Å². The fraction of sp³-hybridized carbons (Fsp3) is 0.333. The highest BCUT2D eigenvalue weighted by atomic mass is 32.2. The number of oxime groups is 1. The average Bonchev–Trinajstić information content (AvgIpc) is 3.62. The number of aromatic nitrogens is 4. The summed E-state index contributed by atoms with van der Waals surface area (Å²) in [6.07, 6.45) is -4.63. The lowest BCUT2D eigenvalue weighted by Gasteiger charge is -2.53. The number of nitrogens with two attached hydrogens (primary N) is 1. The minimum atomic E-state index is -4.63. The van der Waals surface area contributed by atoms with E-state index >= 15 is 0 Å². The fourth-order valence-corrected chi connectivity index (χ4v) is 7.67. The number of alkyl halides is 3. The molecule has 2 aliphatic heterocycles. The Labute approximate surface area is 244 Å². The number of carbonyl (C=O) groups is 3. The van der Waals surface area contributed by atoms with Gasteiger partial charge in [-0.15, -0.1) is 22.0 Å². The number of anilines is 1. The van der Waals surface area contributed by atoms with E-state index in [0.717, 1.165) is 23.7 Å². The Morgan fingerprint density at radius 2 is 2.17 bits per heavy atom. The van der Waals surface area contributed by atoms with E-state index in [1.165, 1.54) is 51.3 Å². The quantitative estimate of drug-likeness (QED) is 0.133. The number of β-lactam (4-membered cyclic amide) rings is 1. The molecule has 5 rings (SSSR count). The van der Waals surface area contributed by atoms with Crippen molar-refractivity contribution >= 4 is 75.0 Å². The molecule has 4 N–H and O–H groups in total. The van der Waals surface area contributed by atoms with Crippen LogP contribution in [0.15, 0.2) is 39.3 Å². The predicted molar refractivity (Wildman–Crippen MR) is 144 cm³/mol. The number of halogens is 3. The first-order valence-electron chi connectivity index (χ1n) is 11.3. The van der Waals surface area contributed by atoms with Crippen LogP contribution in [0, 0.1) is 5.41 Å². The van der Waals surface area contributed by atoms with Crippen LogP contribution in [-0.2, 0) is 20.6 Å². The molecule has 41 heavy (non-hydrogen) atoms. The molecular formula is C21H17F3N8O5S4. The largest absolute Gasteiger partial charge is 0.481 e. The second-order valence-electron chi connectivity index (χ2n) is 8.71. The number of nitrogen functional groups attached to an aromatic ring is 1. The van der Waals surface area contributed by atoms with Gasteiger partial charge in [-0.25, -0.2) is 0 Å². The van der Waals surface area contributed by atoms with Crippen molar-refractivity contribution < 1.29 is 37.5 Å². The van der Waals surface area contributed by atoms with Gasteiger partial charge in [0.05, 0.1) is 5.56 Å². The number of carbonyl (C=O) groups excluding carboxylic acids is 2. The first kappa shape index (κ1) is 29.0. The Bertz CT molecular complexity index is 1500. The summed E-state index contributed by atoms with van der Waals surface area (Å²) in [5.41, 5.74) is 4.41. The Morgan fingerprint density at radius 1 is 1.37 bits per heavy atom. The van der Waals surface area contributed by atoms with Gasteiger partial charge < -0.3 is 25.9 Å². The third-order valence-corrected chi connectivity index (χ3v) is 10.3. The van der Waals surface area contributed by atoms with Gasteiger partial charge in [0, 0.05) is 29.6 Å². The first-order valence-corrected chi connectivity index (χ1v) is 15.0. The summed E-state index contributed by atoms with van der Waals surface area (Å²) in [7, 11) is 0. The number of benzene rings is 1. The molecule has 13 nitrogen and oxygen atoms in total. The summed E-state index contributed by atoms with van der Waals surface area (Å²) >= 11 is 4.46. The van der Waals surface area contributed by atoms with E-state index in [9.17, 15) is 32.7 Å². The molecule has 2 aromatic heterocycles. The van der Waals surface area contributed by atoms with E-state index in [2.05, 4.69) is 30.0 Å². The molecule has 2 aliphatic rings. The van der Waals surface area contributed by atoms with E-state index in [4.69, 9.17) is 10.6 Å². The number of hydrogen-bond donors (Lipinski definition) is 3. The van der Waals surface area contributed by atoms with E-state index in [1.807, 2.05) is 0 Å². The van der Waals surface area contributed by atoms with Crippen LogP contribution in [0.3, 0.4) is 0 Å². The van der Waals surface area contributed by atoms with Gasteiger partial charge in [0.1, 0.15) is 22.3 Å². The SMILES string of the molecule is Nc1nc(C(=NOc2cccc(C(F)(F)F)c2)C(=O)NC2C(=O)N3CC(CSc4nncs4)(C(=O)O)CS[C@H]23)ns1. The molecule has 0 radical (unpaired) electrons. The molecular weight excluding hydrogens is 630 g/mol. The van der Waals surface area contributed by atoms with Gasteiger partial charge >= 0.3 is 12.1 Å². The van der Waals surface area contributed by atoms with Gasteiger partial charge in [-0.3, -0.25) is 14.4 Å². The normalized spacial score (nSPS) is 22.6. The van der Waals surface area contributed by atoms with E-state index in [0.29, 0.717) is 10.4 Å². The molecule has 3 aromatic rings. The molecule has 0 bridgehead atoms. The third kappa shape index (κ3) is 6.09.